The SMILES string of the molecule is COc1cc(C(=O)O)ccc1OC1O[C@H](CO)[C@@H](O)[C@H](O)[C@H]1O. The third-order valence-electron chi connectivity index (χ3n) is 3.50. The van der Waals surface area contributed by atoms with Crippen LogP contribution in [0.1, 0.15) is 10.4 Å². The summed E-state index contributed by atoms with van der Waals surface area (Å²) in [5.74, 6) is -0.994. The van der Waals surface area contributed by atoms with E-state index >= 15 is 0 Å². The first-order valence-corrected chi connectivity index (χ1v) is 6.77. The van der Waals surface area contributed by atoms with Crippen LogP contribution in [-0.4, -0.2) is 75.9 Å². The highest BCUT2D eigenvalue weighted by Gasteiger charge is 2.44. The number of ether oxygens (including phenoxy) is 3. The van der Waals surface area contributed by atoms with E-state index in [9.17, 15) is 20.1 Å². The molecule has 1 aliphatic heterocycles. The molecule has 1 unspecified atom stereocenters. The normalized spacial score (nSPS) is 30.7. The van der Waals surface area contributed by atoms with Crippen molar-refractivity contribution in [2.75, 3.05) is 13.7 Å². The predicted octanol–water partition coefficient (Wildman–Crippen LogP) is -1.43. The number of carboxylic acids is 1. The Morgan fingerprint density at radius 2 is 1.87 bits per heavy atom. The molecule has 1 heterocycles. The average molecular weight is 330 g/mol. The van der Waals surface area contributed by atoms with Gasteiger partial charge in [-0.2, -0.15) is 0 Å². The van der Waals surface area contributed by atoms with Crippen molar-refractivity contribution in [3.63, 3.8) is 0 Å². The number of carboxylic acid groups (broad SMARTS) is 1. The maximum Gasteiger partial charge on any atom is 0.335 e. The van der Waals surface area contributed by atoms with Crippen LogP contribution >= 0.6 is 0 Å². The molecule has 1 aromatic carbocycles. The van der Waals surface area contributed by atoms with Crippen molar-refractivity contribution in [2.45, 2.75) is 30.7 Å². The van der Waals surface area contributed by atoms with E-state index in [1.165, 1.54) is 25.3 Å². The highest BCUT2D eigenvalue weighted by Crippen LogP contribution is 2.31. The minimum Gasteiger partial charge on any atom is -0.493 e. The van der Waals surface area contributed by atoms with Gasteiger partial charge in [0.05, 0.1) is 19.3 Å². The Bertz CT molecular complexity index is 559. The van der Waals surface area contributed by atoms with Crippen LogP contribution in [0.2, 0.25) is 0 Å². The van der Waals surface area contributed by atoms with Crippen LogP contribution in [-0.2, 0) is 4.74 Å². The molecule has 128 valence electrons. The van der Waals surface area contributed by atoms with Crippen LogP contribution in [0.5, 0.6) is 11.5 Å². The van der Waals surface area contributed by atoms with E-state index in [0.717, 1.165) is 0 Å². The molecule has 1 aliphatic rings. The summed E-state index contributed by atoms with van der Waals surface area (Å²) in [7, 11) is 1.31. The van der Waals surface area contributed by atoms with E-state index in [1.54, 1.807) is 0 Å². The van der Waals surface area contributed by atoms with E-state index in [-0.39, 0.29) is 17.1 Å². The van der Waals surface area contributed by atoms with Crippen molar-refractivity contribution in [2.24, 2.45) is 0 Å². The van der Waals surface area contributed by atoms with Crippen molar-refractivity contribution >= 4 is 5.97 Å². The molecule has 0 bridgehead atoms. The van der Waals surface area contributed by atoms with Crippen molar-refractivity contribution < 1.29 is 44.5 Å². The molecule has 0 aromatic heterocycles. The largest absolute Gasteiger partial charge is 0.493 e. The standard InChI is InChI=1S/C14H18O9/c1-21-8-4-6(13(19)20)2-3-7(8)22-14-12(18)11(17)10(16)9(5-15)23-14/h2-4,9-12,14-18H,5H2,1H3,(H,19,20)/t9-,10-,11+,12-,14?/m1/s1. The molecule has 2 rings (SSSR count). The molecule has 0 amide bonds. The molecule has 0 radical (unpaired) electrons. The molecule has 0 spiro atoms. The highest BCUT2D eigenvalue weighted by molar-refractivity contribution is 5.88. The summed E-state index contributed by atoms with van der Waals surface area (Å²) >= 11 is 0. The van der Waals surface area contributed by atoms with Crippen molar-refractivity contribution in [1.29, 1.82) is 0 Å². The lowest BCUT2D eigenvalue weighted by Gasteiger charge is -2.39. The van der Waals surface area contributed by atoms with Crippen molar-refractivity contribution in [1.82, 2.24) is 0 Å². The lowest BCUT2D eigenvalue weighted by atomic mass is 9.99. The minimum atomic E-state index is -1.57. The molecule has 0 saturated carbocycles. The fourth-order valence-electron chi connectivity index (χ4n) is 2.19. The summed E-state index contributed by atoms with van der Waals surface area (Å²) in [6.07, 6.45) is -7.13. The van der Waals surface area contributed by atoms with Gasteiger partial charge in [-0.15, -0.1) is 0 Å². The summed E-state index contributed by atoms with van der Waals surface area (Å²) in [4.78, 5) is 10.9. The summed E-state index contributed by atoms with van der Waals surface area (Å²) in [6.45, 7) is -0.583. The monoisotopic (exact) mass is 330 g/mol. The average Bonchev–Trinajstić information content (AvgIpc) is 2.55. The van der Waals surface area contributed by atoms with Gasteiger partial charge in [-0.1, -0.05) is 0 Å². The smallest absolute Gasteiger partial charge is 0.335 e. The summed E-state index contributed by atoms with van der Waals surface area (Å²) in [5, 5.41) is 47.4. The molecule has 0 aliphatic carbocycles. The van der Waals surface area contributed by atoms with Gasteiger partial charge in [0, 0.05) is 0 Å². The lowest BCUT2D eigenvalue weighted by molar-refractivity contribution is -0.277. The van der Waals surface area contributed by atoms with Crippen LogP contribution in [0, 0.1) is 0 Å². The molecule has 1 saturated heterocycles. The highest BCUT2D eigenvalue weighted by atomic mass is 16.7. The molecule has 5 atom stereocenters. The van der Waals surface area contributed by atoms with E-state index in [4.69, 9.17) is 24.4 Å². The Kier molecular flexibility index (Phi) is 5.39. The molecule has 23 heavy (non-hydrogen) atoms. The van der Waals surface area contributed by atoms with Gasteiger partial charge in [0.2, 0.25) is 6.29 Å². The van der Waals surface area contributed by atoms with Crippen LogP contribution in [0.25, 0.3) is 0 Å². The lowest BCUT2D eigenvalue weighted by Crippen LogP contribution is -2.60. The van der Waals surface area contributed by atoms with Gasteiger partial charge in [-0.3, -0.25) is 0 Å². The first-order chi connectivity index (χ1) is 10.9. The Morgan fingerprint density at radius 3 is 2.43 bits per heavy atom. The zero-order chi connectivity index (χ0) is 17.1. The first-order valence-electron chi connectivity index (χ1n) is 6.77. The van der Waals surface area contributed by atoms with Gasteiger partial charge in [-0.25, -0.2) is 4.79 Å². The third kappa shape index (κ3) is 3.54. The van der Waals surface area contributed by atoms with Crippen LogP contribution in [0.4, 0.5) is 0 Å². The van der Waals surface area contributed by atoms with Gasteiger partial charge in [0.15, 0.2) is 11.5 Å². The predicted molar refractivity (Wildman–Crippen MR) is 74.3 cm³/mol. The number of rotatable bonds is 5. The van der Waals surface area contributed by atoms with E-state index < -0.39 is 43.3 Å². The topological polar surface area (TPSA) is 146 Å². The number of hydrogen-bond acceptors (Lipinski definition) is 8. The number of benzene rings is 1. The van der Waals surface area contributed by atoms with E-state index in [2.05, 4.69) is 0 Å². The van der Waals surface area contributed by atoms with Gasteiger partial charge in [-0.05, 0) is 18.2 Å². The number of hydrogen-bond donors (Lipinski definition) is 5. The number of carbonyl (C=O) groups is 1. The van der Waals surface area contributed by atoms with Gasteiger partial charge in [0.25, 0.3) is 0 Å². The fourth-order valence-corrected chi connectivity index (χ4v) is 2.19. The Hall–Kier alpha value is -1.91. The Morgan fingerprint density at radius 1 is 1.17 bits per heavy atom. The summed E-state index contributed by atoms with van der Waals surface area (Å²) < 4.78 is 15.6. The van der Waals surface area contributed by atoms with Crippen molar-refractivity contribution in [3.8, 4) is 11.5 Å². The molecule has 9 nitrogen and oxygen atoms in total. The zero-order valence-electron chi connectivity index (χ0n) is 12.2. The van der Waals surface area contributed by atoms with E-state index in [0.29, 0.717) is 0 Å². The van der Waals surface area contributed by atoms with E-state index in [1.807, 2.05) is 0 Å². The number of aliphatic hydroxyl groups is 4. The van der Waals surface area contributed by atoms with Crippen LogP contribution in [0.3, 0.4) is 0 Å². The Labute approximate surface area is 131 Å². The molecular formula is C14H18O9. The maximum atomic E-state index is 10.9. The third-order valence-corrected chi connectivity index (χ3v) is 3.50. The fraction of sp³-hybridized carbons (Fsp3) is 0.500. The summed E-state index contributed by atoms with van der Waals surface area (Å²) in [5.41, 5.74) is -0.0250. The molecule has 5 N–H and O–H groups in total. The maximum absolute atomic E-state index is 10.9. The molecular weight excluding hydrogens is 312 g/mol. The van der Waals surface area contributed by atoms with Gasteiger partial charge < -0.3 is 39.7 Å². The molecule has 1 fully saturated rings. The zero-order valence-corrected chi connectivity index (χ0v) is 12.2. The first kappa shape index (κ1) is 17.4. The number of aromatic carboxylic acids is 1. The Balaban J connectivity index is 2.22. The number of aliphatic hydroxyl groups excluding tert-OH is 4. The second kappa shape index (κ2) is 7.11. The van der Waals surface area contributed by atoms with Gasteiger partial charge >= 0.3 is 5.97 Å². The second-order valence-electron chi connectivity index (χ2n) is 4.99. The summed E-state index contributed by atoms with van der Waals surface area (Å²) in [6, 6.07) is 3.80. The quantitative estimate of drug-likeness (QED) is 0.438. The van der Waals surface area contributed by atoms with Crippen LogP contribution in [0.15, 0.2) is 18.2 Å². The molecule has 1 aromatic rings. The van der Waals surface area contributed by atoms with Gasteiger partial charge in [0.1, 0.15) is 24.4 Å². The molecule has 9 heteroatoms. The minimum absolute atomic E-state index is 0.0250. The number of methoxy groups -OCH3 is 1. The van der Waals surface area contributed by atoms with Crippen molar-refractivity contribution in [3.05, 3.63) is 23.8 Å². The van der Waals surface area contributed by atoms with Crippen LogP contribution < -0.4 is 9.47 Å². The second-order valence-corrected chi connectivity index (χ2v) is 4.99.